The Morgan fingerprint density at radius 2 is 2.11 bits per heavy atom. The number of methoxy groups -OCH3 is 1. The summed E-state index contributed by atoms with van der Waals surface area (Å²) in [5.74, 6) is 1.57. The highest BCUT2D eigenvalue weighted by Crippen LogP contribution is 2.25. The predicted octanol–water partition coefficient (Wildman–Crippen LogP) is 2.23. The van der Waals surface area contributed by atoms with Crippen LogP contribution in [0.25, 0.3) is 0 Å². The highest BCUT2D eigenvalue weighted by Gasteiger charge is 2.12. The van der Waals surface area contributed by atoms with E-state index in [1.54, 1.807) is 7.11 Å². The molecule has 106 valence electrons. The van der Waals surface area contributed by atoms with Gasteiger partial charge in [-0.05, 0) is 31.4 Å². The molecule has 0 saturated carbocycles. The van der Waals surface area contributed by atoms with Crippen molar-refractivity contribution in [2.45, 2.75) is 25.4 Å². The first-order valence-corrected chi connectivity index (χ1v) is 6.98. The van der Waals surface area contributed by atoms with Crippen LogP contribution in [0.4, 0.5) is 0 Å². The van der Waals surface area contributed by atoms with Crippen LogP contribution in [-0.2, 0) is 4.74 Å². The summed E-state index contributed by atoms with van der Waals surface area (Å²) in [4.78, 5) is 0. The molecule has 0 aromatic heterocycles. The maximum atomic E-state index is 5.69. The van der Waals surface area contributed by atoms with Gasteiger partial charge in [0.1, 0.15) is 6.61 Å². The summed E-state index contributed by atoms with van der Waals surface area (Å²) in [7, 11) is 1.65. The summed E-state index contributed by atoms with van der Waals surface area (Å²) < 4.78 is 16.6. The van der Waals surface area contributed by atoms with E-state index in [1.807, 2.05) is 24.3 Å². The molecule has 0 spiro atoms. The molecule has 4 nitrogen and oxygen atoms in total. The number of para-hydroxylation sites is 2. The van der Waals surface area contributed by atoms with Crippen LogP contribution in [0.1, 0.15) is 19.3 Å². The van der Waals surface area contributed by atoms with Crippen molar-refractivity contribution in [2.24, 2.45) is 0 Å². The topological polar surface area (TPSA) is 39.7 Å². The number of nitrogens with one attached hydrogen (secondary N) is 1. The van der Waals surface area contributed by atoms with Crippen LogP contribution in [0, 0.1) is 0 Å². The second-order valence-electron chi connectivity index (χ2n) is 4.69. The fraction of sp³-hybridized carbons (Fsp3) is 0.600. The van der Waals surface area contributed by atoms with Crippen LogP contribution < -0.4 is 14.8 Å². The van der Waals surface area contributed by atoms with E-state index in [1.165, 1.54) is 19.3 Å². The van der Waals surface area contributed by atoms with Gasteiger partial charge in [0.2, 0.25) is 0 Å². The van der Waals surface area contributed by atoms with Gasteiger partial charge < -0.3 is 19.5 Å². The van der Waals surface area contributed by atoms with Crippen LogP contribution in [0.5, 0.6) is 11.5 Å². The standard InChI is InChI=1S/C15H23NO3/c1-17-14-7-2-3-8-15(14)19-11-9-16-12-13-6-4-5-10-18-13/h2-3,7-8,13,16H,4-6,9-12H2,1H3. The predicted molar refractivity (Wildman–Crippen MR) is 74.9 cm³/mol. The molecule has 1 N–H and O–H groups in total. The average molecular weight is 265 g/mol. The molecule has 1 aliphatic heterocycles. The van der Waals surface area contributed by atoms with E-state index >= 15 is 0 Å². The van der Waals surface area contributed by atoms with Gasteiger partial charge in [0.25, 0.3) is 0 Å². The molecule has 1 atom stereocenters. The smallest absolute Gasteiger partial charge is 0.161 e. The van der Waals surface area contributed by atoms with Gasteiger partial charge in [-0.1, -0.05) is 12.1 Å². The van der Waals surface area contributed by atoms with Gasteiger partial charge in [0.15, 0.2) is 11.5 Å². The fourth-order valence-electron chi connectivity index (χ4n) is 2.20. The van der Waals surface area contributed by atoms with Crippen molar-refractivity contribution in [3.8, 4) is 11.5 Å². The lowest BCUT2D eigenvalue weighted by Gasteiger charge is -2.22. The first kappa shape index (κ1) is 14.2. The Labute approximate surface area is 115 Å². The summed E-state index contributed by atoms with van der Waals surface area (Å²) in [6.07, 6.45) is 4.03. The second-order valence-corrected chi connectivity index (χ2v) is 4.69. The molecule has 1 unspecified atom stereocenters. The Hall–Kier alpha value is -1.26. The summed E-state index contributed by atoms with van der Waals surface area (Å²) in [5.41, 5.74) is 0. The number of hydrogen-bond donors (Lipinski definition) is 1. The Morgan fingerprint density at radius 3 is 2.84 bits per heavy atom. The maximum absolute atomic E-state index is 5.69. The molecule has 1 fully saturated rings. The Morgan fingerprint density at radius 1 is 1.26 bits per heavy atom. The zero-order valence-electron chi connectivity index (χ0n) is 11.6. The van der Waals surface area contributed by atoms with Crippen molar-refractivity contribution in [1.82, 2.24) is 5.32 Å². The van der Waals surface area contributed by atoms with Crippen LogP contribution >= 0.6 is 0 Å². The van der Waals surface area contributed by atoms with E-state index in [2.05, 4.69) is 5.32 Å². The molecular weight excluding hydrogens is 242 g/mol. The first-order chi connectivity index (χ1) is 9.40. The third-order valence-electron chi connectivity index (χ3n) is 3.25. The van der Waals surface area contributed by atoms with Crippen molar-refractivity contribution in [2.75, 3.05) is 33.4 Å². The number of ether oxygens (including phenoxy) is 3. The molecule has 1 aliphatic rings. The minimum Gasteiger partial charge on any atom is -0.493 e. The van der Waals surface area contributed by atoms with Gasteiger partial charge in [-0.2, -0.15) is 0 Å². The molecular formula is C15H23NO3. The van der Waals surface area contributed by atoms with Crippen molar-refractivity contribution in [1.29, 1.82) is 0 Å². The maximum Gasteiger partial charge on any atom is 0.161 e. The number of hydrogen-bond acceptors (Lipinski definition) is 4. The van der Waals surface area contributed by atoms with Crippen LogP contribution in [-0.4, -0.2) is 39.5 Å². The van der Waals surface area contributed by atoms with Crippen LogP contribution in [0.3, 0.4) is 0 Å². The molecule has 0 bridgehead atoms. The summed E-state index contributed by atoms with van der Waals surface area (Å²) in [6, 6.07) is 7.70. The average Bonchev–Trinajstić information content (AvgIpc) is 2.48. The van der Waals surface area contributed by atoms with Crippen molar-refractivity contribution < 1.29 is 14.2 Å². The van der Waals surface area contributed by atoms with E-state index in [0.29, 0.717) is 12.7 Å². The Bertz CT molecular complexity index is 364. The summed E-state index contributed by atoms with van der Waals surface area (Å²) in [6.45, 7) is 3.27. The van der Waals surface area contributed by atoms with Gasteiger partial charge in [-0.3, -0.25) is 0 Å². The minimum absolute atomic E-state index is 0.375. The van der Waals surface area contributed by atoms with Gasteiger partial charge in [0, 0.05) is 19.7 Å². The van der Waals surface area contributed by atoms with E-state index in [4.69, 9.17) is 14.2 Å². The molecule has 1 aromatic rings. The Balaban J connectivity index is 1.61. The van der Waals surface area contributed by atoms with Crippen molar-refractivity contribution in [3.63, 3.8) is 0 Å². The lowest BCUT2D eigenvalue weighted by atomic mass is 10.1. The van der Waals surface area contributed by atoms with Crippen molar-refractivity contribution in [3.05, 3.63) is 24.3 Å². The quantitative estimate of drug-likeness (QED) is 0.767. The molecule has 1 aromatic carbocycles. The summed E-state index contributed by atoms with van der Waals surface area (Å²) in [5, 5.41) is 3.37. The number of rotatable bonds is 7. The van der Waals surface area contributed by atoms with E-state index in [0.717, 1.165) is 31.2 Å². The second kappa shape index (κ2) is 8.02. The highest BCUT2D eigenvalue weighted by molar-refractivity contribution is 5.39. The zero-order valence-corrected chi connectivity index (χ0v) is 11.6. The molecule has 1 saturated heterocycles. The van der Waals surface area contributed by atoms with E-state index < -0.39 is 0 Å². The van der Waals surface area contributed by atoms with E-state index in [-0.39, 0.29) is 0 Å². The van der Waals surface area contributed by atoms with Gasteiger partial charge in [-0.25, -0.2) is 0 Å². The van der Waals surface area contributed by atoms with Gasteiger partial charge in [0.05, 0.1) is 13.2 Å². The lowest BCUT2D eigenvalue weighted by molar-refractivity contribution is 0.0166. The zero-order chi connectivity index (χ0) is 13.3. The molecule has 19 heavy (non-hydrogen) atoms. The molecule has 0 amide bonds. The molecule has 1 heterocycles. The minimum atomic E-state index is 0.375. The lowest BCUT2D eigenvalue weighted by Crippen LogP contribution is -2.33. The summed E-state index contributed by atoms with van der Waals surface area (Å²) >= 11 is 0. The normalized spacial score (nSPS) is 19.1. The highest BCUT2D eigenvalue weighted by atomic mass is 16.5. The van der Waals surface area contributed by atoms with Crippen LogP contribution in [0.15, 0.2) is 24.3 Å². The van der Waals surface area contributed by atoms with E-state index in [9.17, 15) is 0 Å². The molecule has 0 radical (unpaired) electrons. The SMILES string of the molecule is COc1ccccc1OCCNCC1CCCCO1. The fourth-order valence-corrected chi connectivity index (χ4v) is 2.20. The monoisotopic (exact) mass is 265 g/mol. The largest absolute Gasteiger partial charge is 0.493 e. The number of benzene rings is 1. The molecule has 0 aliphatic carbocycles. The molecule has 4 heteroatoms. The molecule has 2 rings (SSSR count). The Kier molecular flexibility index (Phi) is 5.98. The first-order valence-electron chi connectivity index (χ1n) is 6.98. The van der Waals surface area contributed by atoms with Gasteiger partial charge >= 0.3 is 0 Å². The third kappa shape index (κ3) is 4.73. The van der Waals surface area contributed by atoms with Crippen molar-refractivity contribution >= 4 is 0 Å². The van der Waals surface area contributed by atoms with Gasteiger partial charge in [-0.15, -0.1) is 0 Å². The van der Waals surface area contributed by atoms with Crippen LogP contribution in [0.2, 0.25) is 0 Å². The third-order valence-corrected chi connectivity index (χ3v) is 3.25.